The number of hydrogen-bond acceptors (Lipinski definition) is 4. The number of urea groups is 1. The van der Waals surface area contributed by atoms with Gasteiger partial charge in [-0.25, -0.2) is 4.79 Å². The minimum Gasteiger partial charge on any atom is -0.481 e. The van der Waals surface area contributed by atoms with Crippen molar-refractivity contribution in [3.63, 3.8) is 0 Å². The second-order valence-corrected chi connectivity index (χ2v) is 6.13. The van der Waals surface area contributed by atoms with E-state index in [0.717, 1.165) is 19.3 Å². The van der Waals surface area contributed by atoms with Crippen LogP contribution in [-0.4, -0.2) is 40.6 Å². The topological polar surface area (TPSA) is 95.5 Å². The van der Waals surface area contributed by atoms with Crippen LogP contribution in [0.2, 0.25) is 0 Å². The van der Waals surface area contributed by atoms with Crippen molar-refractivity contribution in [2.45, 2.75) is 56.2 Å². The molecule has 0 aromatic rings. The summed E-state index contributed by atoms with van der Waals surface area (Å²) < 4.78 is 0. The van der Waals surface area contributed by atoms with E-state index < -0.39 is 12.0 Å². The number of carboxylic acid groups (broad SMARTS) is 1. The monoisotopic (exact) mass is 302 g/mol. The zero-order chi connectivity index (χ0) is 15.0. The van der Waals surface area contributed by atoms with Gasteiger partial charge in [0.1, 0.15) is 0 Å². The summed E-state index contributed by atoms with van der Waals surface area (Å²) in [6.45, 7) is 0. The Bertz CT molecular complexity index is 362. The van der Waals surface area contributed by atoms with Crippen molar-refractivity contribution in [2.75, 3.05) is 6.26 Å². The minimum absolute atomic E-state index is 0.0532. The lowest BCUT2D eigenvalue weighted by molar-refractivity contribution is -0.137. The van der Waals surface area contributed by atoms with Gasteiger partial charge in [-0.1, -0.05) is 0 Å². The molecule has 3 amide bonds. The lowest BCUT2D eigenvalue weighted by Gasteiger charge is -2.13. The number of unbranched alkanes of at least 4 members (excludes halogenated alkanes) is 1. The van der Waals surface area contributed by atoms with E-state index in [-0.39, 0.29) is 24.8 Å². The Kier molecular flexibility index (Phi) is 7.43. The van der Waals surface area contributed by atoms with Crippen LogP contribution in [0.5, 0.6) is 0 Å². The summed E-state index contributed by atoms with van der Waals surface area (Å²) in [5.74, 6) is -1.22. The van der Waals surface area contributed by atoms with Crippen molar-refractivity contribution in [1.82, 2.24) is 10.6 Å². The molecule has 7 heteroatoms. The van der Waals surface area contributed by atoms with Crippen LogP contribution in [0.15, 0.2) is 0 Å². The molecule has 0 aromatic heterocycles. The first kappa shape index (κ1) is 16.8. The molecule has 0 radical (unpaired) electrons. The van der Waals surface area contributed by atoms with E-state index in [4.69, 9.17) is 5.11 Å². The number of amides is 3. The average molecular weight is 302 g/mol. The number of imide groups is 1. The predicted octanol–water partition coefficient (Wildman–Crippen LogP) is 1.74. The van der Waals surface area contributed by atoms with Gasteiger partial charge in [0.15, 0.2) is 0 Å². The first-order valence-corrected chi connectivity index (χ1v) is 8.15. The number of rotatable bonds is 7. The highest BCUT2D eigenvalue weighted by Gasteiger charge is 2.25. The minimum atomic E-state index is -0.868. The molecule has 1 aliphatic carbocycles. The Morgan fingerprint density at radius 3 is 2.50 bits per heavy atom. The van der Waals surface area contributed by atoms with E-state index in [2.05, 4.69) is 16.9 Å². The quantitative estimate of drug-likeness (QED) is 0.623. The molecule has 1 fully saturated rings. The molecule has 0 spiro atoms. The molecule has 1 rings (SSSR count). The highest BCUT2D eigenvalue weighted by Crippen LogP contribution is 2.27. The standard InChI is InChI=1S/C13H22N2O4S/c1-20-10-7-6-9(8-10)14-13(19)15-11(16)4-2-3-5-12(17)18/h9-10H,2-8H2,1H3,(H,17,18)(H2,14,15,16,19). The maximum atomic E-state index is 11.6. The molecule has 0 aliphatic heterocycles. The first-order valence-electron chi connectivity index (χ1n) is 6.86. The second-order valence-electron chi connectivity index (χ2n) is 4.99. The number of thioether (sulfide) groups is 1. The zero-order valence-electron chi connectivity index (χ0n) is 11.7. The van der Waals surface area contributed by atoms with Gasteiger partial charge in [-0.3, -0.25) is 14.9 Å². The average Bonchev–Trinajstić information content (AvgIpc) is 2.81. The van der Waals surface area contributed by atoms with Crippen LogP contribution in [0.25, 0.3) is 0 Å². The first-order chi connectivity index (χ1) is 9.51. The van der Waals surface area contributed by atoms with E-state index in [1.54, 1.807) is 11.8 Å². The van der Waals surface area contributed by atoms with Crippen LogP contribution >= 0.6 is 11.8 Å². The highest BCUT2D eigenvalue weighted by molar-refractivity contribution is 7.99. The van der Waals surface area contributed by atoms with Gasteiger partial charge in [0.05, 0.1) is 0 Å². The van der Waals surface area contributed by atoms with Crippen LogP contribution in [0.1, 0.15) is 44.9 Å². The Morgan fingerprint density at radius 1 is 1.20 bits per heavy atom. The van der Waals surface area contributed by atoms with Crippen molar-refractivity contribution < 1.29 is 19.5 Å². The lowest BCUT2D eigenvalue weighted by atomic mass is 10.2. The fourth-order valence-electron chi connectivity index (χ4n) is 2.26. The van der Waals surface area contributed by atoms with Crippen molar-refractivity contribution >= 4 is 29.7 Å². The molecule has 1 aliphatic rings. The third kappa shape index (κ3) is 6.79. The Hall–Kier alpha value is -1.24. The number of carbonyl (C=O) groups is 3. The van der Waals surface area contributed by atoms with Crippen molar-refractivity contribution in [3.8, 4) is 0 Å². The Balaban J connectivity index is 2.12. The molecule has 0 bridgehead atoms. The van der Waals surface area contributed by atoms with Crippen LogP contribution in [0, 0.1) is 0 Å². The molecule has 3 N–H and O–H groups in total. The largest absolute Gasteiger partial charge is 0.481 e. The third-order valence-electron chi connectivity index (χ3n) is 3.35. The molecule has 0 aromatic carbocycles. The molecular formula is C13H22N2O4S. The Morgan fingerprint density at radius 2 is 1.90 bits per heavy atom. The van der Waals surface area contributed by atoms with Crippen molar-refractivity contribution in [1.29, 1.82) is 0 Å². The van der Waals surface area contributed by atoms with E-state index >= 15 is 0 Å². The van der Waals surface area contributed by atoms with Crippen LogP contribution in [0.4, 0.5) is 4.79 Å². The fourth-order valence-corrected chi connectivity index (χ4v) is 3.05. The van der Waals surface area contributed by atoms with E-state index in [1.807, 2.05) is 0 Å². The van der Waals surface area contributed by atoms with E-state index in [0.29, 0.717) is 18.1 Å². The van der Waals surface area contributed by atoms with Gasteiger partial charge in [-0.05, 0) is 38.4 Å². The van der Waals surface area contributed by atoms with Crippen LogP contribution in [-0.2, 0) is 9.59 Å². The van der Waals surface area contributed by atoms with Gasteiger partial charge in [-0.15, -0.1) is 0 Å². The smallest absolute Gasteiger partial charge is 0.321 e. The van der Waals surface area contributed by atoms with Gasteiger partial charge >= 0.3 is 12.0 Å². The number of carboxylic acids is 1. The van der Waals surface area contributed by atoms with Crippen LogP contribution in [0.3, 0.4) is 0 Å². The fraction of sp³-hybridized carbons (Fsp3) is 0.769. The summed E-state index contributed by atoms with van der Waals surface area (Å²) in [7, 11) is 0. The van der Waals surface area contributed by atoms with Gasteiger partial charge < -0.3 is 10.4 Å². The van der Waals surface area contributed by atoms with Gasteiger partial charge in [-0.2, -0.15) is 11.8 Å². The predicted molar refractivity (Wildman–Crippen MR) is 77.7 cm³/mol. The summed E-state index contributed by atoms with van der Waals surface area (Å²) >= 11 is 1.81. The van der Waals surface area contributed by atoms with Gasteiger partial charge in [0.2, 0.25) is 5.91 Å². The second kappa shape index (κ2) is 8.84. The summed E-state index contributed by atoms with van der Waals surface area (Å²) in [4.78, 5) is 33.4. The lowest BCUT2D eigenvalue weighted by Crippen LogP contribution is -2.43. The van der Waals surface area contributed by atoms with Gasteiger partial charge in [0.25, 0.3) is 0 Å². The maximum Gasteiger partial charge on any atom is 0.321 e. The molecular weight excluding hydrogens is 280 g/mol. The molecule has 2 unspecified atom stereocenters. The van der Waals surface area contributed by atoms with Crippen molar-refractivity contribution in [3.05, 3.63) is 0 Å². The molecule has 20 heavy (non-hydrogen) atoms. The summed E-state index contributed by atoms with van der Waals surface area (Å²) in [5.41, 5.74) is 0. The number of hydrogen-bond donors (Lipinski definition) is 3. The summed E-state index contributed by atoms with van der Waals surface area (Å²) in [6.07, 6.45) is 6.21. The Labute approximate surface area is 123 Å². The normalized spacial score (nSPS) is 21.4. The number of aliphatic carboxylic acids is 1. The summed E-state index contributed by atoms with van der Waals surface area (Å²) in [5, 5.41) is 14.1. The summed E-state index contributed by atoms with van der Waals surface area (Å²) in [6, 6.07) is -0.299. The molecule has 114 valence electrons. The third-order valence-corrected chi connectivity index (χ3v) is 4.45. The molecule has 6 nitrogen and oxygen atoms in total. The number of carbonyl (C=O) groups excluding carboxylic acids is 2. The zero-order valence-corrected chi connectivity index (χ0v) is 12.5. The molecule has 1 saturated carbocycles. The highest BCUT2D eigenvalue weighted by atomic mass is 32.2. The van der Waals surface area contributed by atoms with Gasteiger partial charge in [0, 0.05) is 24.1 Å². The van der Waals surface area contributed by atoms with Crippen molar-refractivity contribution in [2.24, 2.45) is 0 Å². The maximum absolute atomic E-state index is 11.6. The van der Waals surface area contributed by atoms with E-state index in [9.17, 15) is 14.4 Å². The molecule has 0 saturated heterocycles. The molecule has 0 heterocycles. The van der Waals surface area contributed by atoms with Crippen LogP contribution < -0.4 is 10.6 Å². The molecule has 2 atom stereocenters. The SMILES string of the molecule is CSC1CCC(NC(=O)NC(=O)CCCCC(=O)O)C1. The van der Waals surface area contributed by atoms with E-state index in [1.165, 1.54) is 0 Å². The number of nitrogens with one attached hydrogen (secondary N) is 2.